The largest absolute Gasteiger partial charge is 0.508 e. The second-order valence-corrected chi connectivity index (χ2v) is 3.50. The second kappa shape index (κ2) is 5.49. The lowest BCUT2D eigenvalue weighted by atomic mass is 10.2. The fraction of sp³-hybridized carbons (Fsp3) is 0.273. The van der Waals surface area contributed by atoms with Crippen LogP contribution in [0, 0.1) is 4.77 Å². The van der Waals surface area contributed by atoms with Crippen molar-refractivity contribution in [2.75, 3.05) is 0 Å². The molecule has 0 aliphatic heterocycles. The average molecular weight is 253 g/mol. The van der Waals surface area contributed by atoms with Gasteiger partial charge in [-0.3, -0.25) is 5.10 Å². The fourth-order valence-corrected chi connectivity index (χ4v) is 1.43. The molecular weight excluding hydrogens is 238 g/mol. The molecule has 0 spiro atoms. The Morgan fingerprint density at radius 1 is 1.29 bits per heavy atom. The lowest BCUT2D eigenvalue weighted by Gasteiger charge is -2.03. The Labute approximate surface area is 104 Å². The molecule has 0 atom stereocenters. The van der Waals surface area contributed by atoms with Crippen LogP contribution < -0.4 is 0 Å². The number of nitrogens with one attached hydrogen (secondary N) is 1. The number of benzene rings is 1. The lowest BCUT2D eigenvalue weighted by Crippen LogP contribution is -1.92. The molecule has 3 N–H and O–H groups in total. The molecule has 0 aliphatic rings. The minimum absolute atomic E-state index is 0.00744. The van der Waals surface area contributed by atoms with Crippen molar-refractivity contribution in [3.63, 3.8) is 0 Å². The van der Waals surface area contributed by atoms with Gasteiger partial charge in [-0.05, 0) is 24.4 Å². The van der Waals surface area contributed by atoms with Gasteiger partial charge >= 0.3 is 0 Å². The van der Waals surface area contributed by atoms with Crippen molar-refractivity contribution in [3.05, 3.63) is 23.0 Å². The van der Waals surface area contributed by atoms with Crippen molar-refractivity contribution in [2.45, 2.75) is 13.8 Å². The van der Waals surface area contributed by atoms with Crippen LogP contribution in [0.4, 0.5) is 0 Å². The van der Waals surface area contributed by atoms with E-state index in [1.807, 2.05) is 13.8 Å². The molecule has 0 saturated carbocycles. The number of rotatable bonds is 1. The zero-order valence-electron chi connectivity index (χ0n) is 9.93. The molecule has 92 valence electrons. The highest BCUT2D eigenvalue weighted by Crippen LogP contribution is 2.30. The topological polar surface area (TPSA) is 74.1 Å². The van der Waals surface area contributed by atoms with Crippen molar-refractivity contribution in [2.24, 2.45) is 7.05 Å². The summed E-state index contributed by atoms with van der Waals surface area (Å²) in [6, 6.07) is 4.31. The van der Waals surface area contributed by atoms with Crippen LogP contribution in [0.2, 0.25) is 0 Å². The average Bonchev–Trinajstić information content (AvgIpc) is 2.63. The van der Waals surface area contributed by atoms with Crippen LogP contribution in [0.25, 0.3) is 11.4 Å². The highest BCUT2D eigenvalue weighted by atomic mass is 32.1. The minimum atomic E-state index is -0.0351. The summed E-state index contributed by atoms with van der Waals surface area (Å²) >= 11 is 4.96. The third kappa shape index (κ3) is 2.65. The molecule has 0 unspecified atom stereocenters. The van der Waals surface area contributed by atoms with Crippen LogP contribution in [-0.4, -0.2) is 25.0 Å². The molecular formula is C11H15N3O2S. The highest BCUT2D eigenvalue weighted by molar-refractivity contribution is 7.71. The SMILES string of the molecule is CC.Cn1c(-c2ccc(O)cc2O)n[nH]c1=S. The third-order valence-corrected chi connectivity index (χ3v) is 2.47. The van der Waals surface area contributed by atoms with Gasteiger partial charge in [0, 0.05) is 13.1 Å². The Balaban J connectivity index is 0.000000686. The molecule has 0 aliphatic carbocycles. The maximum Gasteiger partial charge on any atom is 0.195 e. The zero-order chi connectivity index (χ0) is 13.0. The first-order valence-corrected chi connectivity index (χ1v) is 5.64. The fourth-order valence-electron chi connectivity index (χ4n) is 1.30. The summed E-state index contributed by atoms with van der Waals surface area (Å²) < 4.78 is 2.11. The van der Waals surface area contributed by atoms with Crippen molar-refractivity contribution < 1.29 is 10.2 Å². The summed E-state index contributed by atoms with van der Waals surface area (Å²) in [7, 11) is 1.74. The highest BCUT2D eigenvalue weighted by Gasteiger charge is 2.10. The van der Waals surface area contributed by atoms with Crippen LogP contribution in [0.15, 0.2) is 18.2 Å². The number of aromatic hydroxyl groups is 2. The van der Waals surface area contributed by atoms with Crippen molar-refractivity contribution in [3.8, 4) is 22.9 Å². The number of nitrogens with zero attached hydrogens (tertiary/aromatic N) is 2. The smallest absolute Gasteiger partial charge is 0.195 e. The van der Waals surface area contributed by atoms with Gasteiger partial charge in [0.05, 0.1) is 5.56 Å². The van der Waals surface area contributed by atoms with Gasteiger partial charge in [0.2, 0.25) is 0 Å². The number of aromatic amines is 1. The van der Waals surface area contributed by atoms with Crippen molar-refractivity contribution >= 4 is 12.2 Å². The normalized spacial score (nSPS) is 9.59. The monoisotopic (exact) mass is 253 g/mol. The summed E-state index contributed by atoms with van der Waals surface area (Å²) in [5.74, 6) is 0.498. The second-order valence-electron chi connectivity index (χ2n) is 3.11. The first-order chi connectivity index (χ1) is 8.09. The molecule has 0 radical (unpaired) electrons. The molecule has 1 aromatic carbocycles. The van der Waals surface area contributed by atoms with Crippen LogP contribution >= 0.6 is 12.2 Å². The molecule has 0 saturated heterocycles. The molecule has 1 heterocycles. The molecule has 5 nitrogen and oxygen atoms in total. The maximum atomic E-state index is 9.62. The van der Waals surface area contributed by atoms with E-state index in [0.717, 1.165) is 0 Å². The summed E-state index contributed by atoms with van der Waals surface area (Å²) in [5, 5.41) is 25.4. The first-order valence-electron chi connectivity index (χ1n) is 5.23. The Kier molecular flexibility index (Phi) is 4.28. The molecule has 0 amide bonds. The molecule has 17 heavy (non-hydrogen) atoms. The van der Waals surface area contributed by atoms with E-state index in [-0.39, 0.29) is 11.5 Å². The lowest BCUT2D eigenvalue weighted by molar-refractivity contribution is 0.451. The van der Waals surface area contributed by atoms with Crippen molar-refractivity contribution in [1.29, 1.82) is 0 Å². The van der Waals surface area contributed by atoms with E-state index in [1.165, 1.54) is 12.1 Å². The van der Waals surface area contributed by atoms with E-state index in [9.17, 15) is 5.11 Å². The molecule has 2 rings (SSSR count). The number of hydrogen-bond acceptors (Lipinski definition) is 4. The van der Waals surface area contributed by atoms with Gasteiger partial charge in [0.15, 0.2) is 10.6 Å². The van der Waals surface area contributed by atoms with Gasteiger partial charge in [-0.25, -0.2) is 0 Å². The molecule has 1 aromatic heterocycles. The van der Waals surface area contributed by atoms with E-state index >= 15 is 0 Å². The Morgan fingerprint density at radius 3 is 2.41 bits per heavy atom. The standard InChI is InChI=1S/C9H9N3O2S.C2H6/c1-12-8(10-11-9(12)15)6-3-2-5(13)4-7(6)14;1-2/h2-4,13-14H,1H3,(H,11,15);1-2H3. The zero-order valence-corrected chi connectivity index (χ0v) is 10.7. The Hall–Kier alpha value is -1.82. The quantitative estimate of drug-likeness (QED) is 0.683. The van der Waals surface area contributed by atoms with E-state index in [2.05, 4.69) is 10.2 Å². The van der Waals surface area contributed by atoms with E-state index in [1.54, 1.807) is 17.7 Å². The Bertz CT molecular complexity index is 560. The summed E-state index contributed by atoms with van der Waals surface area (Å²) in [6.07, 6.45) is 0. The molecule has 0 fully saturated rings. The number of H-pyrrole nitrogens is 1. The van der Waals surface area contributed by atoms with Crippen LogP contribution in [0.1, 0.15) is 13.8 Å². The molecule has 0 bridgehead atoms. The summed E-state index contributed by atoms with van der Waals surface area (Å²) in [4.78, 5) is 0. The van der Waals surface area contributed by atoms with Gasteiger partial charge in [0.25, 0.3) is 0 Å². The van der Waals surface area contributed by atoms with E-state index < -0.39 is 0 Å². The van der Waals surface area contributed by atoms with Gasteiger partial charge in [-0.1, -0.05) is 13.8 Å². The van der Waals surface area contributed by atoms with Crippen LogP contribution in [0.3, 0.4) is 0 Å². The van der Waals surface area contributed by atoms with Gasteiger partial charge in [-0.15, -0.1) is 0 Å². The van der Waals surface area contributed by atoms with Crippen molar-refractivity contribution in [1.82, 2.24) is 14.8 Å². The number of hydrogen-bond donors (Lipinski definition) is 3. The maximum absolute atomic E-state index is 9.62. The van der Waals surface area contributed by atoms with Gasteiger partial charge in [-0.2, -0.15) is 5.10 Å². The number of phenols is 2. The molecule has 2 aromatic rings. The minimum Gasteiger partial charge on any atom is -0.508 e. The van der Waals surface area contributed by atoms with Gasteiger partial charge < -0.3 is 14.8 Å². The van der Waals surface area contributed by atoms with Crippen LogP contribution in [-0.2, 0) is 7.05 Å². The van der Waals surface area contributed by atoms with E-state index in [0.29, 0.717) is 16.2 Å². The Morgan fingerprint density at radius 2 is 1.94 bits per heavy atom. The molecule has 6 heteroatoms. The van der Waals surface area contributed by atoms with Gasteiger partial charge in [0.1, 0.15) is 11.5 Å². The number of phenolic OH excluding ortho intramolecular Hbond substituents is 2. The van der Waals surface area contributed by atoms with Crippen LogP contribution in [0.5, 0.6) is 11.5 Å². The van der Waals surface area contributed by atoms with E-state index in [4.69, 9.17) is 17.3 Å². The summed E-state index contributed by atoms with van der Waals surface area (Å²) in [5.41, 5.74) is 0.516. The first kappa shape index (κ1) is 13.2. The predicted octanol–water partition coefficient (Wildman–Crippen LogP) is 2.58. The summed E-state index contributed by atoms with van der Waals surface area (Å²) in [6.45, 7) is 4.00. The predicted molar refractivity (Wildman–Crippen MR) is 68.5 cm³/mol. The third-order valence-electron chi connectivity index (χ3n) is 2.10. The number of aromatic nitrogens is 3.